The van der Waals surface area contributed by atoms with Crippen LogP contribution in [-0.2, 0) is 23.7 Å². The van der Waals surface area contributed by atoms with Crippen LogP contribution in [0.5, 0.6) is 0 Å². The zero-order valence-corrected chi connectivity index (χ0v) is 13.8. The van der Waals surface area contributed by atoms with Gasteiger partial charge in [0.1, 0.15) is 5.60 Å². The number of esters is 1. The Balaban J connectivity index is 1.61. The molecule has 5 rings (SSSR count). The summed E-state index contributed by atoms with van der Waals surface area (Å²) in [5.74, 6) is -0.342. The Morgan fingerprint density at radius 1 is 1.17 bits per heavy atom. The predicted molar refractivity (Wildman–Crippen MR) is 83.8 cm³/mol. The molecule has 0 N–H and O–H groups in total. The molecule has 1 saturated carbocycles. The van der Waals surface area contributed by atoms with Crippen molar-refractivity contribution in [1.82, 2.24) is 0 Å². The Morgan fingerprint density at radius 3 is 2.75 bits per heavy atom. The molecule has 3 aliphatic heterocycles. The van der Waals surface area contributed by atoms with Gasteiger partial charge in [-0.3, -0.25) is 4.79 Å². The number of benzene rings is 1. The molecule has 6 atom stereocenters. The number of fused-ring (bicyclic) bond motifs is 1. The van der Waals surface area contributed by atoms with Gasteiger partial charge < -0.3 is 18.9 Å². The summed E-state index contributed by atoms with van der Waals surface area (Å²) in [6.07, 6.45) is 3.74. The summed E-state index contributed by atoms with van der Waals surface area (Å²) in [4.78, 5) is 11.5. The van der Waals surface area contributed by atoms with Crippen LogP contribution in [0.3, 0.4) is 0 Å². The second-order valence-electron chi connectivity index (χ2n) is 7.47. The lowest BCUT2D eigenvalue weighted by Gasteiger charge is -2.47. The standard InChI is InChI=1S/C19H22O5/c1-12(20)21-17-16-19-10-6-5-9-18(19,11-14(22-17)24-19)15(23-16)13-7-3-2-4-8-13/h2-4,7-8,14-17H,5-6,9-11H2,1H3/t14-,15-,16?,17-,18+,19-/m1/s1. The van der Waals surface area contributed by atoms with E-state index in [2.05, 4.69) is 12.1 Å². The fourth-order valence-electron chi connectivity index (χ4n) is 5.51. The number of carbonyl (C=O) groups excluding carboxylic acids is 1. The lowest BCUT2D eigenvalue weighted by atomic mass is 9.59. The van der Waals surface area contributed by atoms with Gasteiger partial charge in [0.25, 0.3) is 0 Å². The van der Waals surface area contributed by atoms with Gasteiger partial charge in [-0.2, -0.15) is 0 Å². The second-order valence-corrected chi connectivity index (χ2v) is 7.47. The van der Waals surface area contributed by atoms with Crippen LogP contribution in [0.1, 0.15) is 50.7 Å². The lowest BCUT2D eigenvalue weighted by Crippen LogP contribution is -2.58. The first-order chi connectivity index (χ1) is 11.6. The molecule has 5 heteroatoms. The van der Waals surface area contributed by atoms with Gasteiger partial charge in [0.05, 0.1) is 6.10 Å². The molecule has 1 unspecified atom stereocenters. The minimum absolute atomic E-state index is 0.0315. The summed E-state index contributed by atoms with van der Waals surface area (Å²) < 4.78 is 24.3. The first-order valence-electron chi connectivity index (χ1n) is 8.86. The van der Waals surface area contributed by atoms with E-state index in [-0.39, 0.29) is 29.9 Å². The predicted octanol–water partition coefficient (Wildman–Crippen LogP) is 3.09. The molecule has 128 valence electrons. The van der Waals surface area contributed by atoms with Crippen molar-refractivity contribution in [2.45, 2.75) is 69.4 Å². The topological polar surface area (TPSA) is 54.0 Å². The van der Waals surface area contributed by atoms with Crippen LogP contribution in [0.15, 0.2) is 30.3 Å². The average Bonchev–Trinajstić information content (AvgIpc) is 3.01. The van der Waals surface area contributed by atoms with Crippen molar-refractivity contribution in [3.8, 4) is 0 Å². The molecule has 4 aliphatic rings. The number of carbonyl (C=O) groups is 1. The fourth-order valence-corrected chi connectivity index (χ4v) is 5.51. The first-order valence-corrected chi connectivity index (χ1v) is 8.86. The van der Waals surface area contributed by atoms with Crippen molar-refractivity contribution >= 4 is 5.97 Å². The van der Waals surface area contributed by atoms with Gasteiger partial charge in [-0.15, -0.1) is 0 Å². The maximum atomic E-state index is 11.5. The summed E-state index contributed by atoms with van der Waals surface area (Å²) >= 11 is 0. The van der Waals surface area contributed by atoms with Crippen LogP contribution < -0.4 is 0 Å². The molecule has 3 heterocycles. The first kappa shape index (κ1) is 14.9. The maximum Gasteiger partial charge on any atom is 0.305 e. The van der Waals surface area contributed by atoms with E-state index in [1.807, 2.05) is 18.2 Å². The largest absolute Gasteiger partial charge is 0.433 e. The van der Waals surface area contributed by atoms with Gasteiger partial charge in [0, 0.05) is 18.8 Å². The molecule has 1 spiro atoms. The molecule has 0 aromatic heterocycles. The molecule has 5 nitrogen and oxygen atoms in total. The van der Waals surface area contributed by atoms with E-state index < -0.39 is 11.9 Å². The smallest absolute Gasteiger partial charge is 0.305 e. The number of hydrogen-bond donors (Lipinski definition) is 0. The van der Waals surface area contributed by atoms with Gasteiger partial charge in [0.15, 0.2) is 12.4 Å². The highest BCUT2D eigenvalue weighted by atomic mass is 16.8. The molecule has 0 radical (unpaired) electrons. The minimum Gasteiger partial charge on any atom is -0.433 e. The summed E-state index contributed by atoms with van der Waals surface area (Å²) in [5.41, 5.74) is 0.699. The maximum absolute atomic E-state index is 11.5. The lowest BCUT2D eigenvalue weighted by molar-refractivity contribution is -0.341. The van der Waals surface area contributed by atoms with E-state index in [0.29, 0.717) is 0 Å². The third kappa shape index (κ3) is 1.78. The molecule has 4 fully saturated rings. The van der Waals surface area contributed by atoms with E-state index in [9.17, 15) is 4.79 Å². The summed E-state index contributed by atoms with van der Waals surface area (Å²) in [5, 5.41) is 0. The zero-order chi connectivity index (χ0) is 16.4. The number of ether oxygens (including phenoxy) is 4. The average molecular weight is 330 g/mol. The third-order valence-corrected chi connectivity index (χ3v) is 6.30. The van der Waals surface area contributed by atoms with Crippen LogP contribution in [0.2, 0.25) is 0 Å². The van der Waals surface area contributed by atoms with Gasteiger partial charge in [-0.1, -0.05) is 43.2 Å². The number of hydrogen-bond acceptors (Lipinski definition) is 5. The molecule has 3 saturated heterocycles. The van der Waals surface area contributed by atoms with Crippen molar-refractivity contribution in [1.29, 1.82) is 0 Å². The molecule has 0 amide bonds. The Morgan fingerprint density at radius 2 is 1.96 bits per heavy atom. The molecule has 1 aliphatic carbocycles. The highest BCUT2D eigenvalue weighted by Gasteiger charge is 2.77. The normalized spacial score (nSPS) is 45.7. The van der Waals surface area contributed by atoms with E-state index >= 15 is 0 Å². The third-order valence-electron chi connectivity index (χ3n) is 6.30. The van der Waals surface area contributed by atoms with E-state index in [4.69, 9.17) is 18.9 Å². The van der Waals surface area contributed by atoms with Crippen molar-refractivity contribution in [3.05, 3.63) is 35.9 Å². The number of rotatable bonds is 2. The Bertz CT molecular complexity index is 661. The van der Waals surface area contributed by atoms with Crippen LogP contribution in [0.25, 0.3) is 0 Å². The Kier molecular flexibility index (Phi) is 3.12. The Hall–Kier alpha value is -1.43. The van der Waals surface area contributed by atoms with Crippen molar-refractivity contribution in [2.75, 3.05) is 0 Å². The minimum atomic E-state index is -0.671. The highest BCUT2D eigenvalue weighted by Crippen LogP contribution is 2.70. The second kappa shape index (κ2) is 5.04. The molecule has 24 heavy (non-hydrogen) atoms. The van der Waals surface area contributed by atoms with Crippen molar-refractivity contribution in [2.24, 2.45) is 5.41 Å². The van der Waals surface area contributed by atoms with Crippen molar-refractivity contribution in [3.63, 3.8) is 0 Å². The molecule has 2 bridgehead atoms. The van der Waals surface area contributed by atoms with Crippen LogP contribution in [0.4, 0.5) is 0 Å². The molecule has 1 aromatic carbocycles. The van der Waals surface area contributed by atoms with Gasteiger partial charge in [-0.25, -0.2) is 0 Å². The summed E-state index contributed by atoms with van der Waals surface area (Å²) in [6, 6.07) is 10.4. The summed E-state index contributed by atoms with van der Waals surface area (Å²) in [7, 11) is 0. The van der Waals surface area contributed by atoms with Crippen LogP contribution >= 0.6 is 0 Å². The van der Waals surface area contributed by atoms with Crippen LogP contribution in [-0.4, -0.2) is 30.3 Å². The monoisotopic (exact) mass is 330 g/mol. The quantitative estimate of drug-likeness (QED) is 0.780. The van der Waals surface area contributed by atoms with E-state index in [1.54, 1.807) is 0 Å². The fraction of sp³-hybridized carbons (Fsp3) is 0.632. The van der Waals surface area contributed by atoms with Crippen LogP contribution in [0, 0.1) is 5.41 Å². The SMILES string of the molecule is CC(=O)O[C@@H]1O[C@H]2C[C@]34CCCC[C@@]3(O2)C1O[C@@H]4c1ccccc1. The molecular weight excluding hydrogens is 308 g/mol. The molecule has 1 aromatic rings. The van der Waals surface area contributed by atoms with E-state index in [0.717, 1.165) is 25.7 Å². The Labute approximate surface area is 141 Å². The van der Waals surface area contributed by atoms with Crippen molar-refractivity contribution < 1.29 is 23.7 Å². The van der Waals surface area contributed by atoms with Gasteiger partial charge in [0.2, 0.25) is 6.29 Å². The summed E-state index contributed by atoms with van der Waals surface area (Å²) in [6.45, 7) is 1.41. The zero-order valence-electron chi connectivity index (χ0n) is 13.8. The van der Waals surface area contributed by atoms with Gasteiger partial charge >= 0.3 is 5.97 Å². The highest BCUT2D eigenvalue weighted by molar-refractivity contribution is 5.66. The molecular formula is C19H22O5. The van der Waals surface area contributed by atoms with Gasteiger partial charge in [-0.05, 0) is 18.4 Å². The van der Waals surface area contributed by atoms with E-state index in [1.165, 1.54) is 18.9 Å².